The molecule has 0 bridgehead atoms. The number of piperazine rings is 1. The Morgan fingerprint density at radius 1 is 1.00 bits per heavy atom. The summed E-state index contributed by atoms with van der Waals surface area (Å²) in [5.74, 6) is -0.648. The van der Waals surface area contributed by atoms with E-state index in [1.807, 2.05) is 54.6 Å². The summed E-state index contributed by atoms with van der Waals surface area (Å²) in [7, 11) is -2.64. The van der Waals surface area contributed by atoms with Crippen molar-refractivity contribution in [2.75, 3.05) is 38.2 Å². The van der Waals surface area contributed by atoms with Gasteiger partial charge in [0, 0.05) is 47.8 Å². The number of esters is 1. The summed E-state index contributed by atoms with van der Waals surface area (Å²) in [6.45, 7) is 1.71. The van der Waals surface area contributed by atoms with E-state index in [0.717, 1.165) is 22.6 Å². The molecule has 0 atom stereocenters. The Balaban J connectivity index is 1.65. The Morgan fingerprint density at radius 3 is 2.26 bits per heavy atom. The minimum absolute atomic E-state index is 0.0236. The molecule has 4 rings (SSSR count). The molecule has 1 fully saturated rings. The zero-order chi connectivity index (χ0) is 22.0. The lowest BCUT2D eigenvalue weighted by molar-refractivity contribution is 0.0602. The number of carbonyl (C=O) groups excluding carboxylic acids is 1. The molecule has 2 heterocycles. The predicted octanol–water partition coefficient (Wildman–Crippen LogP) is 4.37. The maximum Gasteiger partial charge on any atom is 0.349 e. The smallest absolute Gasteiger partial charge is 0.349 e. The lowest BCUT2D eigenvalue weighted by Crippen LogP contribution is -2.48. The summed E-state index contributed by atoms with van der Waals surface area (Å²) in [6.07, 6.45) is 0. The molecular weight excluding hydrogens is 456 g/mol. The van der Waals surface area contributed by atoms with Gasteiger partial charge in [-0.25, -0.2) is 13.2 Å². The van der Waals surface area contributed by atoms with E-state index < -0.39 is 16.0 Å². The molecule has 3 aromatic rings. The summed E-state index contributed by atoms with van der Waals surface area (Å²) in [5.41, 5.74) is 2.26. The molecule has 0 amide bonds. The van der Waals surface area contributed by atoms with E-state index in [0.29, 0.717) is 36.8 Å². The second-order valence-corrected chi connectivity index (χ2v) is 10.2. The summed E-state index contributed by atoms with van der Waals surface area (Å²) in [6, 6.07) is 16.7. The number of hydrogen-bond acceptors (Lipinski definition) is 6. The number of rotatable bonds is 5. The lowest BCUT2D eigenvalue weighted by atomic mass is 10.1. The predicted molar refractivity (Wildman–Crippen MR) is 124 cm³/mol. The van der Waals surface area contributed by atoms with Crippen LogP contribution in [0.1, 0.15) is 9.67 Å². The average Bonchev–Trinajstić information content (AvgIpc) is 3.26. The molecule has 0 aliphatic carbocycles. The topological polar surface area (TPSA) is 66.9 Å². The Hall–Kier alpha value is -2.39. The van der Waals surface area contributed by atoms with E-state index in [1.54, 1.807) is 5.38 Å². The zero-order valence-corrected chi connectivity index (χ0v) is 19.2. The first-order valence-corrected chi connectivity index (χ1v) is 12.4. The Kier molecular flexibility index (Phi) is 6.34. The van der Waals surface area contributed by atoms with Crippen molar-refractivity contribution in [1.29, 1.82) is 0 Å². The molecule has 9 heteroatoms. The molecule has 31 heavy (non-hydrogen) atoms. The SMILES string of the molecule is COC(=O)c1scc(-c2ccccc2)c1S(=O)(=O)N1CCN(c2ccc(Cl)cc2)CC1. The van der Waals surface area contributed by atoms with Gasteiger partial charge in [0.25, 0.3) is 0 Å². The first-order chi connectivity index (χ1) is 14.9. The van der Waals surface area contributed by atoms with Crippen LogP contribution in [0.4, 0.5) is 5.69 Å². The monoisotopic (exact) mass is 476 g/mol. The third-order valence-electron chi connectivity index (χ3n) is 5.23. The molecule has 162 valence electrons. The van der Waals surface area contributed by atoms with Crippen molar-refractivity contribution < 1.29 is 17.9 Å². The molecule has 1 aromatic heterocycles. The van der Waals surface area contributed by atoms with Gasteiger partial charge in [-0.15, -0.1) is 11.3 Å². The average molecular weight is 477 g/mol. The van der Waals surface area contributed by atoms with E-state index in [9.17, 15) is 13.2 Å². The highest BCUT2D eigenvalue weighted by atomic mass is 35.5. The highest BCUT2D eigenvalue weighted by Crippen LogP contribution is 2.37. The number of carbonyl (C=O) groups is 1. The van der Waals surface area contributed by atoms with Crippen LogP contribution >= 0.6 is 22.9 Å². The normalized spacial score (nSPS) is 15.1. The van der Waals surface area contributed by atoms with Crippen molar-refractivity contribution in [3.05, 3.63) is 69.9 Å². The largest absolute Gasteiger partial charge is 0.465 e. The van der Waals surface area contributed by atoms with Gasteiger partial charge in [-0.2, -0.15) is 4.31 Å². The Morgan fingerprint density at radius 2 is 1.65 bits per heavy atom. The Bertz CT molecular complexity index is 1170. The summed E-state index contributed by atoms with van der Waals surface area (Å²) in [5, 5.41) is 2.37. The van der Waals surface area contributed by atoms with E-state index in [2.05, 4.69) is 4.90 Å². The van der Waals surface area contributed by atoms with Gasteiger partial charge in [0.15, 0.2) is 0 Å². The number of hydrogen-bond donors (Lipinski definition) is 0. The molecular formula is C22H21ClN2O4S2. The van der Waals surface area contributed by atoms with Crippen LogP contribution in [0.15, 0.2) is 64.9 Å². The molecule has 6 nitrogen and oxygen atoms in total. The molecule has 0 N–H and O–H groups in total. The van der Waals surface area contributed by atoms with Crippen molar-refractivity contribution in [2.45, 2.75) is 4.90 Å². The maximum atomic E-state index is 13.7. The number of benzene rings is 2. The van der Waals surface area contributed by atoms with Gasteiger partial charge >= 0.3 is 5.97 Å². The number of anilines is 1. The fourth-order valence-electron chi connectivity index (χ4n) is 3.62. The van der Waals surface area contributed by atoms with Crippen LogP contribution in [0.25, 0.3) is 11.1 Å². The van der Waals surface area contributed by atoms with Crippen LogP contribution in [-0.2, 0) is 14.8 Å². The lowest BCUT2D eigenvalue weighted by Gasteiger charge is -2.35. The maximum absolute atomic E-state index is 13.7. The van der Waals surface area contributed by atoms with Crippen LogP contribution < -0.4 is 4.90 Å². The van der Waals surface area contributed by atoms with Gasteiger partial charge in [-0.05, 0) is 29.8 Å². The van der Waals surface area contributed by atoms with Crippen LogP contribution in [-0.4, -0.2) is 52.0 Å². The number of nitrogens with zero attached hydrogens (tertiary/aromatic N) is 2. The van der Waals surface area contributed by atoms with Crippen molar-refractivity contribution in [3.63, 3.8) is 0 Å². The van der Waals surface area contributed by atoms with E-state index >= 15 is 0 Å². The first kappa shape index (κ1) is 21.8. The summed E-state index contributed by atoms with van der Waals surface area (Å²) < 4.78 is 33.6. The fourth-order valence-corrected chi connectivity index (χ4v) is 6.84. The van der Waals surface area contributed by atoms with Gasteiger partial charge < -0.3 is 9.64 Å². The minimum Gasteiger partial charge on any atom is -0.465 e. The number of halogens is 1. The van der Waals surface area contributed by atoms with Gasteiger partial charge in [0.05, 0.1) is 7.11 Å². The molecule has 0 spiro atoms. The van der Waals surface area contributed by atoms with E-state index in [-0.39, 0.29) is 9.77 Å². The van der Waals surface area contributed by atoms with Crippen molar-refractivity contribution in [1.82, 2.24) is 4.31 Å². The van der Waals surface area contributed by atoms with Crippen LogP contribution in [0.5, 0.6) is 0 Å². The molecule has 0 radical (unpaired) electrons. The van der Waals surface area contributed by atoms with Crippen LogP contribution in [0.3, 0.4) is 0 Å². The minimum atomic E-state index is -3.90. The summed E-state index contributed by atoms with van der Waals surface area (Å²) in [4.78, 5) is 14.6. The van der Waals surface area contributed by atoms with E-state index in [4.69, 9.17) is 16.3 Å². The van der Waals surface area contributed by atoms with Crippen LogP contribution in [0, 0.1) is 0 Å². The fraction of sp³-hybridized carbons (Fsp3) is 0.227. The molecule has 0 saturated carbocycles. The third kappa shape index (κ3) is 4.34. The van der Waals surface area contributed by atoms with Gasteiger partial charge in [0.2, 0.25) is 10.0 Å². The number of sulfonamides is 1. The van der Waals surface area contributed by atoms with Crippen molar-refractivity contribution in [2.24, 2.45) is 0 Å². The second kappa shape index (κ2) is 9.00. The van der Waals surface area contributed by atoms with Crippen molar-refractivity contribution in [3.8, 4) is 11.1 Å². The second-order valence-electron chi connectivity index (χ2n) is 7.03. The molecule has 2 aromatic carbocycles. The van der Waals surface area contributed by atoms with Crippen LogP contribution in [0.2, 0.25) is 5.02 Å². The standard InChI is InChI=1S/C22H21ClN2O4S2/c1-29-22(26)20-21(19(15-30-20)16-5-3-2-4-6-16)31(27,28)25-13-11-24(12-14-25)18-9-7-17(23)8-10-18/h2-10,15H,11-14H2,1H3. The van der Waals surface area contributed by atoms with Gasteiger partial charge in [0.1, 0.15) is 9.77 Å². The van der Waals surface area contributed by atoms with Crippen molar-refractivity contribution >= 4 is 44.6 Å². The Labute approximate surface area is 190 Å². The van der Waals surface area contributed by atoms with E-state index in [1.165, 1.54) is 11.4 Å². The quantitative estimate of drug-likeness (QED) is 0.512. The van der Waals surface area contributed by atoms with Gasteiger partial charge in [-0.3, -0.25) is 0 Å². The number of thiophene rings is 1. The molecule has 0 unspecified atom stereocenters. The highest BCUT2D eigenvalue weighted by molar-refractivity contribution is 7.89. The highest BCUT2D eigenvalue weighted by Gasteiger charge is 2.36. The molecule has 1 aliphatic heterocycles. The first-order valence-electron chi connectivity index (χ1n) is 9.67. The summed E-state index contributed by atoms with van der Waals surface area (Å²) >= 11 is 7.06. The third-order valence-corrected chi connectivity index (χ3v) is 8.56. The number of ether oxygens (including phenoxy) is 1. The molecule has 1 saturated heterocycles. The number of methoxy groups -OCH3 is 1. The molecule has 1 aliphatic rings. The van der Waals surface area contributed by atoms with Gasteiger partial charge in [-0.1, -0.05) is 41.9 Å². The zero-order valence-electron chi connectivity index (χ0n) is 16.8.